The minimum absolute atomic E-state index is 0.00866. The van der Waals surface area contributed by atoms with Gasteiger partial charge in [0.25, 0.3) is 0 Å². The molecule has 21 heavy (non-hydrogen) atoms. The zero-order valence-electron chi connectivity index (χ0n) is 11.7. The molecule has 0 aromatic rings. The first-order valence-corrected chi connectivity index (χ1v) is 6.07. The highest BCUT2D eigenvalue weighted by Gasteiger charge is 2.18. The van der Waals surface area contributed by atoms with Crippen molar-refractivity contribution in [3.05, 3.63) is 49.6 Å². The molecule has 6 nitrogen and oxygen atoms in total. The van der Waals surface area contributed by atoms with Crippen molar-refractivity contribution in [2.45, 2.75) is 6.42 Å². The van der Waals surface area contributed by atoms with Gasteiger partial charge >= 0.3 is 17.9 Å². The van der Waals surface area contributed by atoms with Crippen LogP contribution in [0, 0.1) is 0 Å². The fraction of sp³-hybridized carbons (Fsp3) is 0.267. The van der Waals surface area contributed by atoms with E-state index in [1.54, 1.807) is 0 Å². The van der Waals surface area contributed by atoms with E-state index < -0.39 is 24.3 Å². The highest BCUT2D eigenvalue weighted by atomic mass is 16.5. The second kappa shape index (κ2) is 11.2. The molecule has 0 bridgehead atoms. The van der Waals surface area contributed by atoms with Crippen molar-refractivity contribution in [1.82, 2.24) is 0 Å². The van der Waals surface area contributed by atoms with Gasteiger partial charge in [0, 0.05) is 6.08 Å². The molecule has 0 radical (unpaired) electrons. The molecule has 0 heterocycles. The van der Waals surface area contributed by atoms with Crippen molar-refractivity contribution in [2.75, 3.05) is 19.8 Å². The first-order chi connectivity index (χ1) is 10.0. The summed E-state index contributed by atoms with van der Waals surface area (Å²) >= 11 is 0. The molecule has 0 saturated carbocycles. The van der Waals surface area contributed by atoms with Gasteiger partial charge in [-0.1, -0.05) is 38.0 Å². The van der Waals surface area contributed by atoms with Crippen LogP contribution in [-0.4, -0.2) is 37.7 Å². The van der Waals surface area contributed by atoms with Crippen molar-refractivity contribution in [3.8, 4) is 0 Å². The topological polar surface area (TPSA) is 78.9 Å². The minimum atomic E-state index is -0.819. The van der Waals surface area contributed by atoms with Gasteiger partial charge in [-0.3, -0.25) is 4.79 Å². The van der Waals surface area contributed by atoms with E-state index in [1.165, 1.54) is 18.2 Å². The van der Waals surface area contributed by atoms with Crippen LogP contribution < -0.4 is 0 Å². The Balaban J connectivity index is 4.85. The normalized spacial score (nSPS) is 10.2. The Labute approximate surface area is 123 Å². The number of hydrogen-bond donors (Lipinski definition) is 0. The lowest BCUT2D eigenvalue weighted by molar-refractivity contribution is -0.145. The van der Waals surface area contributed by atoms with E-state index >= 15 is 0 Å². The van der Waals surface area contributed by atoms with Crippen molar-refractivity contribution in [1.29, 1.82) is 0 Å². The maximum atomic E-state index is 11.7. The van der Waals surface area contributed by atoms with Crippen LogP contribution in [0.4, 0.5) is 0 Å². The summed E-state index contributed by atoms with van der Waals surface area (Å²) in [5, 5.41) is 0. The summed E-state index contributed by atoms with van der Waals surface area (Å²) in [5.41, 5.74) is -0.167. The van der Waals surface area contributed by atoms with E-state index in [1.807, 2.05) is 0 Å². The molecule has 6 heteroatoms. The summed E-state index contributed by atoms with van der Waals surface area (Å²) in [5.74, 6) is -2.29. The van der Waals surface area contributed by atoms with E-state index in [9.17, 15) is 14.4 Å². The molecular formula is C15H18O6. The molecule has 0 fully saturated rings. The van der Waals surface area contributed by atoms with E-state index in [-0.39, 0.29) is 25.4 Å². The maximum absolute atomic E-state index is 11.7. The van der Waals surface area contributed by atoms with E-state index in [2.05, 4.69) is 19.7 Å². The first-order valence-electron chi connectivity index (χ1n) is 6.07. The number of rotatable bonds is 10. The fourth-order valence-electron chi connectivity index (χ4n) is 1.09. The van der Waals surface area contributed by atoms with Crippen molar-refractivity contribution in [2.24, 2.45) is 0 Å². The van der Waals surface area contributed by atoms with Crippen LogP contribution in [0.3, 0.4) is 0 Å². The van der Waals surface area contributed by atoms with Gasteiger partial charge in [0.2, 0.25) is 0 Å². The SMILES string of the molecule is C=CCOC(=O)C=C(CC(=O)OCC=C)C(=O)OCC=C. The van der Waals surface area contributed by atoms with Gasteiger partial charge in [-0.15, -0.1) is 0 Å². The van der Waals surface area contributed by atoms with E-state index in [0.29, 0.717) is 0 Å². The largest absolute Gasteiger partial charge is 0.461 e. The highest BCUT2D eigenvalue weighted by Crippen LogP contribution is 2.07. The molecule has 0 aliphatic heterocycles. The van der Waals surface area contributed by atoms with Crippen molar-refractivity contribution in [3.63, 3.8) is 0 Å². The summed E-state index contributed by atoms with van der Waals surface area (Å²) in [6.45, 7) is 10.1. The Morgan fingerprint density at radius 3 is 1.90 bits per heavy atom. The van der Waals surface area contributed by atoms with Gasteiger partial charge in [0.15, 0.2) is 0 Å². The molecule has 0 N–H and O–H groups in total. The average Bonchev–Trinajstić information content (AvgIpc) is 2.47. The zero-order chi connectivity index (χ0) is 16.1. The zero-order valence-corrected chi connectivity index (χ0v) is 11.7. The van der Waals surface area contributed by atoms with Gasteiger partial charge in [-0.25, -0.2) is 9.59 Å². The maximum Gasteiger partial charge on any atom is 0.335 e. The smallest absolute Gasteiger partial charge is 0.335 e. The molecule has 0 rings (SSSR count). The predicted octanol–water partition coefficient (Wildman–Crippen LogP) is 1.49. The monoisotopic (exact) mass is 294 g/mol. The summed E-state index contributed by atoms with van der Waals surface area (Å²) < 4.78 is 14.2. The second-order valence-electron chi connectivity index (χ2n) is 3.62. The Morgan fingerprint density at radius 1 is 0.810 bits per heavy atom. The molecule has 0 amide bonds. The molecule has 0 atom stereocenters. The Hall–Kier alpha value is -2.63. The molecule has 0 aliphatic carbocycles. The van der Waals surface area contributed by atoms with E-state index in [4.69, 9.17) is 14.2 Å². The lowest BCUT2D eigenvalue weighted by Crippen LogP contribution is -2.16. The van der Waals surface area contributed by atoms with Crippen LogP contribution in [0.1, 0.15) is 6.42 Å². The van der Waals surface area contributed by atoms with Crippen LogP contribution in [0.5, 0.6) is 0 Å². The highest BCUT2D eigenvalue weighted by molar-refractivity contribution is 5.99. The van der Waals surface area contributed by atoms with Gasteiger partial charge in [-0.05, 0) is 0 Å². The third-order valence-electron chi connectivity index (χ3n) is 1.93. The lowest BCUT2D eigenvalue weighted by atomic mass is 10.2. The summed E-state index contributed by atoms with van der Waals surface area (Å²) in [6, 6.07) is 0. The minimum Gasteiger partial charge on any atom is -0.461 e. The van der Waals surface area contributed by atoms with E-state index in [0.717, 1.165) is 6.08 Å². The molecule has 0 unspecified atom stereocenters. The molecular weight excluding hydrogens is 276 g/mol. The Kier molecular flexibility index (Phi) is 9.81. The molecule has 0 aromatic heterocycles. The average molecular weight is 294 g/mol. The first kappa shape index (κ1) is 18.4. The molecule has 114 valence electrons. The summed E-state index contributed by atoms with van der Waals surface area (Å²) in [6.07, 6.45) is 4.61. The predicted molar refractivity (Wildman–Crippen MR) is 76.2 cm³/mol. The Morgan fingerprint density at radius 2 is 1.33 bits per heavy atom. The number of esters is 3. The number of hydrogen-bond acceptors (Lipinski definition) is 6. The van der Waals surface area contributed by atoms with Crippen LogP contribution in [0.25, 0.3) is 0 Å². The quantitative estimate of drug-likeness (QED) is 0.263. The second-order valence-corrected chi connectivity index (χ2v) is 3.62. The standard InChI is InChI=1S/C15H18O6/c1-4-7-19-13(16)10-12(15(18)21-9-6-3)11-14(17)20-8-5-2/h4-6,10H,1-3,7-9,11H2. The third-order valence-corrected chi connectivity index (χ3v) is 1.93. The molecule has 0 saturated heterocycles. The van der Waals surface area contributed by atoms with Gasteiger partial charge in [0.05, 0.1) is 12.0 Å². The van der Waals surface area contributed by atoms with Gasteiger partial charge in [-0.2, -0.15) is 0 Å². The number of ether oxygens (including phenoxy) is 3. The van der Waals surface area contributed by atoms with Gasteiger partial charge in [0.1, 0.15) is 19.8 Å². The fourth-order valence-corrected chi connectivity index (χ4v) is 1.09. The number of carbonyl (C=O) groups excluding carboxylic acids is 3. The molecule has 0 spiro atoms. The van der Waals surface area contributed by atoms with Crippen molar-refractivity contribution >= 4 is 17.9 Å². The lowest BCUT2D eigenvalue weighted by Gasteiger charge is -2.07. The van der Waals surface area contributed by atoms with Crippen LogP contribution in [-0.2, 0) is 28.6 Å². The Bertz CT molecular complexity index is 447. The molecule has 0 aliphatic rings. The summed E-state index contributed by atoms with van der Waals surface area (Å²) in [7, 11) is 0. The van der Waals surface area contributed by atoms with Crippen LogP contribution in [0.15, 0.2) is 49.6 Å². The molecule has 0 aromatic carbocycles. The third kappa shape index (κ3) is 8.99. The van der Waals surface area contributed by atoms with Crippen LogP contribution >= 0.6 is 0 Å². The van der Waals surface area contributed by atoms with Gasteiger partial charge < -0.3 is 14.2 Å². The number of carbonyl (C=O) groups is 3. The van der Waals surface area contributed by atoms with Crippen LogP contribution in [0.2, 0.25) is 0 Å². The van der Waals surface area contributed by atoms with Crippen molar-refractivity contribution < 1.29 is 28.6 Å². The summed E-state index contributed by atoms with van der Waals surface area (Å²) in [4.78, 5) is 34.6.